The van der Waals surface area contributed by atoms with Crippen LogP contribution in [0.4, 0.5) is 23.2 Å². The van der Waals surface area contributed by atoms with Crippen molar-refractivity contribution >= 4 is 23.3 Å². The number of alkyl halides is 3. The van der Waals surface area contributed by atoms with E-state index in [-0.39, 0.29) is 34.1 Å². The van der Waals surface area contributed by atoms with Crippen LogP contribution in [-0.2, 0) is 23.6 Å². The number of hydrogen-bond acceptors (Lipinski definition) is 6. The lowest BCUT2D eigenvalue weighted by molar-refractivity contribution is -0.140. The van der Waals surface area contributed by atoms with Crippen LogP contribution < -0.4 is 10.6 Å². The van der Waals surface area contributed by atoms with Crippen LogP contribution in [0.2, 0.25) is 0 Å². The highest BCUT2D eigenvalue weighted by Gasteiger charge is 2.36. The number of hydrogen-bond donors (Lipinski definition) is 2. The molecule has 2 heterocycles. The van der Waals surface area contributed by atoms with Gasteiger partial charge in [-0.1, -0.05) is 0 Å². The zero-order chi connectivity index (χ0) is 26.3. The van der Waals surface area contributed by atoms with Crippen molar-refractivity contribution in [3.63, 3.8) is 0 Å². The molecule has 0 aliphatic carbocycles. The molecule has 0 unspecified atom stereocenters. The van der Waals surface area contributed by atoms with Gasteiger partial charge in [-0.15, -0.1) is 10.2 Å². The van der Waals surface area contributed by atoms with Crippen LogP contribution in [0.1, 0.15) is 57.4 Å². The van der Waals surface area contributed by atoms with Gasteiger partial charge in [0.15, 0.2) is 0 Å². The molecule has 186 valence electrons. The van der Waals surface area contributed by atoms with Crippen molar-refractivity contribution in [2.75, 3.05) is 5.32 Å². The number of carbonyl (C=O) groups is 3. The minimum Gasteiger partial charge on any atom is -0.425 e. The van der Waals surface area contributed by atoms with Crippen molar-refractivity contribution in [1.29, 1.82) is 0 Å². The zero-order valence-corrected chi connectivity index (χ0v) is 19.3. The summed E-state index contributed by atoms with van der Waals surface area (Å²) in [6, 6.07) is 2.04. The van der Waals surface area contributed by atoms with Crippen molar-refractivity contribution < 1.29 is 36.4 Å². The number of carbonyl (C=O) groups excluding carboxylic acids is 3. The Labute approximate surface area is 196 Å². The highest BCUT2D eigenvalue weighted by Crippen LogP contribution is 2.33. The van der Waals surface area contributed by atoms with E-state index in [0.717, 1.165) is 12.5 Å². The number of nitrogens with one attached hydrogen (secondary N) is 2. The van der Waals surface area contributed by atoms with E-state index in [4.69, 9.17) is 4.42 Å². The summed E-state index contributed by atoms with van der Waals surface area (Å²) < 4.78 is 59.0. The molecular formula is C22H21F4N5O4. The summed E-state index contributed by atoms with van der Waals surface area (Å²) in [6.07, 6.45) is -3.88. The Morgan fingerprint density at radius 1 is 1.11 bits per heavy atom. The number of ketones is 1. The summed E-state index contributed by atoms with van der Waals surface area (Å²) in [6.45, 7) is 6.03. The van der Waals surface area contributed by atoms with Gasteiger partial charge in [-0.05, 0) is 51.5 Å². The van der Waals surface area contributed by atoms with Crippen LogP contribution in [0.25, 0.3) is 0 Å². The lowest BCUT2D eigenvalue weighted by Crippen LogP contribution is -2.44. The third-order valence-electron chi connectivity index (χ3n) is 5.43. The molecule has 0 aliphatic rings. The number of amides is 2. The Balaban J connectivity index is 1.89. The fourth-order valence-corrected chi connectivity index (χ4v) is 3.60. The van der Waals surface area contributed by atoms with Gasteiger partial charge < -0.3 is 19.6 Å². The predicted octanol–water partition coefficient (Wildman–Crippen LogP) is 3.67. The third kappa shape index (κ3) is 4.93. The van der Waals surface area contributed by atoms with Gasteiger partial charge in [0.1, 0.15) is 17.1 Å². The largest absolute Gasteiger partial charge is 0.425 e. The predicted molar refractivity (Wildman–Crippen MR) is 114 cm³/mol. The summed E-state index contributed by atoms with van der Waals surface area (Å²) in [4.78, 5) is 38.6. The van der Waals surface area contributed by atoms with Crippen molar-refractivity contribution in [1.82, 2.24) is 20.1 Å². The number of benzene rings is 1. The molecule has 0 radical (unpaired) electrons. The van der Waals surface area contributed by atoms with Crippen LogP contribution in [0, 0.1) is 19.7 Å². The first-order chi connectivity index (χ1) is 16.1. The van der Waals surface area contributed by atoms with Crippen LogP contribution in [-0.4, -0.2) is 32.4 Å². The van der Waals surface area contributed by atoms with E-state index in [1.165, 1.54) is 25.5 Å². The second kappa shape index (κ2) is 8.96. The van der Waals surface area contributed by atoms with Gasteiger partial charge >= 0.3 is 6.18 Å². The standard InChI is InChI=1S/C22H21F4N5O4/c1-10-15(17(32)19(34)29-21(3,4)20-30-27-9-35-20)11(2)31(5)16(10)18(33)28-12-6-7-14(23)13(8-12)22(24,25)26/h6-9H,1-5H3,(H,28,33)(H,29,34). The van der Waals surface area contributed by atoms with Gasteiger partial charge in [0.2, 0.25) is 12.3 Å². The van der Waals surface area contributed by atoms with Crippen molar-refractivity contribution in [2.45, 2.75) is 39.4 Å². The van der Waals surface area contributed by atoms with Crippen molar-refractivity contribution in [2.24, 2.45) is 7.05 Å². The highest BCUT2D eigenvalue weighted by atomic mass is 19.4. The van der Waals surface area contributed by atoms with Crippen LogP contribution in [0.5, 0.6) is 0 Å². The molecule has 35 heavy (non-hydrogen) atoms. The van der Waals surface area contributed by atoms with Gasteiger partial charge in [-0.2, -0.15) is 13.2 Å². The molecule has 0 saturated heterocycles. The molecule has 1 aromatic carbocycles. The van der Waals surface area contributed by atoms with E-state index in [0.29, 0.717) is 12.1 Å². The number of nitrogens with zero attached hydrogens (tertiary/aromatic N) is 3. The maximum absolute atomic E-state index is 13.6. The zero-order valence-electron chi connectivity index (χ0n) is 19.3. The first kappa shape index (κ1) is 25.6. The minimum atomic E-state index is -4.95. The molecule has 3 aromatic rings. The lowest BCUT2D eigenvalue weighted by atomic mass is 10.0. The normalized spacial score (nSPS) is 11.9. The van der Waals surface area contributed by atoms with Crippen molar-refractivity contribution in [3.05, 3.63) is 64.4 Å². The maximum Gasteiger partial charge on any atom is 0.419 e. The molecule has 0 saturated carbocycles. The van der Waals surface area contributed by atoms with E-state index < -0.39 is 40.7 Å². The summed E-state index contributed by atoms with van der Waals surface area (Å²) in [5, 5.41) is 12.0. The lowest BCUT2D eigenvalue weighted by Gasteiger charge is -2.21. The van der Waals surface area contributed by atoms with Gasteiger partial charge in [-0.25, -0.2) is 4.39 Å². The third-order valence-corrected chi connectivity index (χ3v) is 5.43. The second-order valence-corrected chi connectivity index (χ2v) is 8.29. The topological polar surface area (TPSA) is 119 Å². The fourth-order valence-electron chi connectivity index (χ4n) is 3.60. The number of anilines is 1. The summed E-state index contributed by atoms with van der Waals surface area (Å²) >= 11 is 0. The molecule has 0 spiro atoms. The van der Waals surface area contributed by atoms with Crippen molar-refractivity contribution in [3.8, 4) is 0 Å². The minimum absolute atomic E-state index is 0.0495. The Morgan fingerprint density at radius 3 is 2.34 bits per heavy atom. The molecule has 0 atom stereocenters. The molecule has 2 amide bonds. The first-order valence-electron chi connectivity index (χ1n) is 10.1. The number of Topliss-reactive ketones (excluding diaryl/α,β-unsaturated/α-hetero) is 1. The monoisotopic (exact) mass is 495 g/mol. The Kier molecular flexibility index (Phi) is 6.55. The highest BCUT2D eigenvalue weighted by molar-refractivity contribution is 6.43. The van der Waals surface area contributed by atoms with Crippen LogP contribution >= 0.6 is 0 Å². The molecule has 3 rings (SSSR count). The molecule has 2 aromatic heterocycles. The SMILES string of the molecule is Cc1c(C(=O)C(=O)NC(C)(C)c2nnco2)c(C)n(C)c1C(=O)Nc1ccc(F)c(C(F)(F)F)c1. The first-order valence-corrected chi connectivity index (χ1v) is 10.1. The molecule has 0 aliphatic heterocycles. The fraction of sp³-hybridized carbons (Fsp3) is 0.318. The Morgan fingerprint density at radius 2 is 1.77 bits per heavy atom. The number of aromatic nitrogens is 3. The summed E-state index contributed by atoms with van der Waals surface area (Å²) in [5.74, 6) is -4.20. The molecule has 2 N–H and O–H groups in total. The average molecular weight is 495 g/mol. The molecular weight excluding hydrogens is 474 g/mol. The molecule has 9 nitrogen and oxygen atoms in total. The van der Waals surface area contributed by atoms with Gasteiger partial charge in [-0.3, -0.25) is 14.4 Å². The van der Waals surface area contributed by atoms with Crippen LogP contribution in [0.15, 0.2) is 29.0 Å². The van der Waals surface area contributed by atoms with Gasteiger partial charge in [0, 0.05) is 18.4 Å². The molecule has 13 heteroatoms. The van der Waals surface area contributed by atoms with E-state index in [1.54, 1.807) is 13.8 Å². The quantitative estimate of drug-likeness (QED) is 0.306. The van der Waals surface area contributed by atoms with E-state index in [2.05, 4.69) is 20.8 Å². The maximum atomic E-state index is 13.6. The second-order valence-electron chi connectivity index (χ2n) is 8.29. The van der Waals surface area contributed by atoms with E-state index >= 15 is 0 Å². The summed E-state index contributed by atoms with van der Waals surface area (Å²) in [5.41, 5.74) is -2.70. The smallest absolute Gasteiger partial charge is 0.419 e. The average Bonchev–Trinajstić information content (AvgIpc) is 3.36. The van der Waals surface area contributed by atoms with E-state index in [9.17, 15) is 31.9 Å². The summed E-state index contributed by atoms with van der Waals surface area (Å²) in [7, 11) is 1.46. The number of halogens is 4. The number of rotatable bonds is 6. The van der Waals surface area contributed by atoms with Crippen LogP contribution in [0.3, 0.4) is 0 Å². The van der Waals surface area contributed by atoms with E-state index in [1.807, 2.05) is 0 Å². The molecule has 0 fully saturated rings. The molecule has 0 bridgehead atoms. The Bertz CT molecular complexity index is 1310. The Hall–Kier alpha value is -4.03. The van der Waals surface area contributed by atoms with Gasteiger partial charge in [0.25, 0.3) is 17.6 Å². The van der Waals surface area contributed by atoms with Gasteiger partial charge in [0.05, 0.1) is 11.1 Å².